The molecule has 0 atom stereocenters. The van der Waals surface area contributed by atoms with Gasteiger partial charge in [-0.25, -0.2) is 4.98 Å². The van der Waals surface area contributed by atoms with Gasteiger partial charge in [-0.05, 0) is 33.6 Å². The van der Waals surface area contributed by atoms with Gasteiger partial charge in [0.15, 0.2) is 0 Å². The van der Waals surface area contributed by atoms with Crippen molar-refractivity contribution in [2.75, 3.05) is 66.8 Å². The van der Waals surface area contributed by atoms with Crippen LogP contribution in [-0.2, 0) is 28.5 Å². The number of nitrogens with zero attached hydrogens (tertiary/aromatic N) is 3. The molecule has 2 amide bonds. The Labute approximate surface area is 205 Å². The summed E-state index contributed by atoms with van der Waals surface area (Å²) in [6.07, 6.45) is 1.56. The van der Waals surface area contributed by atoms with E-state index in [1.54, 1.807) is 45.2 Å². The Hall–Kier alpha value is -2.08. The van der Waals surface area contributed by atoms with Crippen molar-refractivity contribution in [2.45, 2.75) is 45.1 Å². The molecule has 0 aliphatic carbocycles. The lowest BCUT2D eigenvalue weighted by atomic mass is 9.97. The van der Waals surface area contributed by atoms with E-state index in [2.05, 4.69) is 4.98 Å². The summed E-state index contributed by atoms with van der Waals surface area (Å²) in [7, 11) is 3.17. The Balaban J connectivity index is 1.74. The van der Waals surface area contributed by atoms with E-state index in [4.69, 9.17) is 18.9 Å². The summed E-state index contributed by atoms with van der Waals surface area (Å²) < 4.78 is 20.9. The van der Waals surface area contributed by atoms with Crippen molar-refractivity contribution in [1.82, 2.24) is 14.8 Å². The average Bonchev–Trinajstić information content (AvgIpc) is 3.26. The molecule has 1 saturated heterocycles. The minimum atomic E-state index is -0.602. The highest BCUT2D eigenvalue weighted by atomic mass is 32.1. The molecule has 1 aliphatic rings. The molecule has 0 bridgehead atoms. The Kier molecular flexibility index (Phi) is 11.4. The summed E-state index contributed by atoms with van der Waals surface area (Å²) in [5.41, 5.74) is -0.277. The van der Waals surface area contributed by atoms with E-state index in [0.717, 1.165) is 17.8 Å². The normalized spacial score (nSPS) is 14.8. The number of aromatic nitrogens is 1. The highest BCUT2D eigenvalue weighted by Crippen LogP contribution is 2.30. The molecule has 0 unspecified atom stereocenters. The van der Waals surface area contributed by atoms with Gasteiger partial charge in [0.1, 0.15) is 24.4 Å². The minimum absolute atomic E-state index is 0.0332. The quantitative estimate of drug-likeness (QED) is 0.317. The van der Waals surface area contributed by atoms with Crippen LogP contribution < -0.4 is 0 Å². The predicted molar refractivity (Wildman–Crippen MR) is 127 cm³/mol. The van der Waals surface area contributed by atoms with Crippen LogP contribution in [0.1, 0.15) is 55.0 Å². The van der Waals surface area contributed by atoms with Gasteiger partial charge in [-0.15, -0.1) is 11.3 Å². The molecule has 1 aromatic rings. The van der Waals surface area contributed by atoms with Crippen LogP contribution in [0.25, 0.3) is 0 Å². The number of methoxy groups -OCH3 is 1. The molecule has 0 aromatic carbocycles. The molecule has 0 saturated carbocycles. The molecule has 1 fully saturated rings. The maximum absolute atomic E-state index is 12.7. The van der Waals surface area contributed by atoms with E-state index in [1.807, 2.05) is 0 Å². The monoisotopic (exact) mass is 499 g/mol. The molecule has 0 N–H and O–H groups in total. The van der Waals surface area contributed by atoms with Crippen LogP contribution in [0.15, 0.2) is 5.38 Å². The Bertz CT molecular complexity index is 801. The number of thiazole rings is 1. The second kappa shape index (κ2) is 13.7. The topological polar surface area (TPSA) is 108 Å². The van der Waals surface area contributed by atoms with Gasteiger partial charge in [0, 0.05) is 38.5 Å². The number of piperidine rings is 1. The van der Waals surface area contributed by atoms with Crippen molar-refractivity contribution >= 4 is 29.1 Å². The fourth-order valence-electron chi connectivity index (χ4n) is 3.40. The standard InChI is InChI=1S/C23H37N3O7S/c1-23(2,3)33-20(28)14-25(4)22(29)18-16-34-21(24-18)17-6-8-26(9-7-17)19(27)15-32-13-12-31-11-10-30-5/h16-17H,6-15H2,1-5H3. The smallest absolute Gasteiger partial charge is 0.326 e. The molecule has 11 heteroatoms. The van der Waals surface area contributed by atoms with Crippen LogP contribution >= 0.6 is 11.3 Å². The fraction of sp³-hybridized carbons (Fsp3) is 0.739. The molecule has 0 radical (unpaired) electrons. The van der Waals surface area contributed by atoms with Gasteiger partial charge in [-0.2, -0.15) is 0 Å². The fourth-order valence-corrected chi connectivity index (χ4v) is 4.36. The van der Waals surface area contributed by atoms with E-state index in [-0.39, 0.29) is 30.9 Å². The third kappa shape index (κ3) is 9.65. The van der Waals surface area contributed by atoms with Gasteiger partial charge in [0.2, 0.25) is 5.91 Å². The zero-order valence-electron chi connectivity index (χ0n) is 20.8. The van der Waals surface area contributed by atoms with Crippen molar-refractivity contribution in [3.8, 4) is 0 Å². The zero-order valence-corrected chi connectivity index (χ0v) is 21.6. The number of ether oxygens (including phenoxy) is 4. The van der Waals surface area contributed by atoms with Gasteiger partial charge in [0.25, 0.3) is 5.91 Å². The molecule has 2 heterocycles. The second-order valence-corrected chi connectivity index (χ2v) is 10.0. The largest absolute Gasteiger partial charge is 0.459 e. The van der Waals surface area contributed by atoms with Crippen LogP contribution in [0.3, 0.4) is 0 Å². The first-order valence-corrected chi connectivity index (χ1v) is 12.3. The Morgan fingerprint density at radius 2 is 1.76 bits per heavy atom. The number of esters is 1. The van der Waals surface area contributed by atoms with Gasteiger partial charge >= 0.3 is 5.97 Å². The first kappa shape index (κ1) is 28.2. The number of amides is 2. The van der Waals surface area contributed by atoms with E-state index in [9.17, 15) is 14.4 Å². The summed E-state index contributed by atoms with van der Waals surface area (Å²) in [6.45, 7) is 8.34. The Morgan fingerprint density at radius 3 is 2.41 bits per heavy atom. The van der Waals surface area contributed by atoms with Crippen LogP contribution in [0, 0.1) is 0 Å². The first-order chi connectivity index (χ1) is 16.1. The van der Waals surface area contributed by atoms with Crippen molar-refractivity contribution < 1.29 is 33.3 Å². The van der Waals surface area contributed by atoms with E-state index < -0.39 is 11.6 Å². The second-order valence-electron chi connectivity index (χ2n) is 9.13. The van der Waals surface area contributed by atoms with Gasteiger partial charge < -0.3 is 28.7 Å². The lowest BCUT2D eigenvalue weighted by molar-refractivity contribution is -0.155. The van der Waals surface area contributed by atoms with Gasteiger partial charge in [-0.3, -0.25) is 14.4 Å². The number of likely N-dealkylation sites (N-methyl/N-ethyl adjacent to an activating group) is 1. The highest BCUT2D eigenvalue weighted by Gasteiger charge is 2.27. The van der Waals surface area contributed by atoms with Crippen LogP contribution in [0.5, 0.6) is 0 Å². The van der Waals surface area contributed by atoms with Gasteiger partial charge in [-0.1, -0.05) is 0 Å². The molecular formula is C23H37N3O7S. The van der Waals surface area contributed by atoms with Crippen LogP contribution in [-0.4, -0.2) is 105 Å². The summed E-state index contributed by atoms with van der Waals surface area (Å²) in [5.74, 6) is -0.612. The molecule has 10 nitrogen and oxygen atoms in total. The van der Waals surface area contributed by atoms with E-state index >= 15 is 0 Å². The number of likely N-dealkylation sites (tertiary alicyclic amines) is 1. The summed E-state index contributed by atoms with van der Waals surface area (Å²) in [5, 5.41) is 2.61. The van der Waals surface area contributed by atoms with E-state index in [0.29, 0.717) is 45.2 Å². The van der Waals surface area contributed by atoms with Crippen molar-refractivity contribution in [1.29, 1.82) is 0 Å². The molecule has 1 aliphatic heterocycles. The third-order valence-electron chi connectivity index (χ3n) is 5.10. The number of rotatable bonds is 12. The van der Waals surface area contributed by atoms with E-state index in [1.165, 1.54) is 16.2 Å². The lowest BCUT2D eigenvalue weighted by Crippen LogP contribution is -2.40. The minimum Gasteiger partial charge on any atom is -0.459 e. The predicted octanol–water partition coefficient (Wildman–Crippen LogP) is 1.94. The Morgan fingerprint density at radius 1 is 1.12 bits per heavy atom. The zero-order chi connectivity index (χ0) is 25.1. The highest BCUT2D eigenvalue weighted by molar-refractivity contribution is 7.09. The molecule has 1 aromatic heterocycles. The average molecular weight is 500 g/mol. The maximum atomic E-state index is 12.7. The summed E-state index contributed by atoms with van der Waals surface area (Å²) in [6, 6.07) is 0. The van der Waals surface area contributed by atoms with Crippen LogP contribution in [0.4, 0.5) is 0 Å². The number of carbonyl (C=O) groups excluding carboxylic acids is 3. The third-order valence-corrected chi connectivity index (χ3v) is 6.11. The maximum Gasteiger partial charge on any atom is 0.326 e. The lowest BCUT2D eigenvalue weighted by Gasteiger charge is -2.31. The number of hydrogen-bond acceptors (Lipinski definition) is 9. The summed E-state index contributed by atoms with van der Waals surface area (Å²) >= 11 is 1.44. The molecular weight excluding hydrogens is 462 g/mol. The molecule has 34 heavy (non-hydrogen) atoms. The molecule has 2 rings (SSSR count). The van der Waals surface area contributed by atoms with Gasteiger partial charge in [0.05, 0.1) is 31.4 Å². The SMILES string of the molecule is COCCOCCOCC(=O)N1CCC(c2nc(C(=O)N(C)CC(=O)OC(C)(C)C)cs2)CC1. The van der Waals surface area contributed by atoms with Crippen molar-refractivity contribution in [3.05, 3.63) is 16.1 Å². The van der Waals surface area contributed by atoms with Crippen molar-refractivity contribution in [3.63, 3.8) is 0 Å². The van der Waals surface area contributed by atoms with Crippen molar-refractivity contribution in [2.24, 2.45) is 0 Å². The first-order valence-electron chi connectivity index (χ1n) is 11.5. The molecule has 0 spiro atoms. The molecule has 192 valence electrons. The summed E-state index contributed by atoms with van der Waals surface area (Å²) in [4.78, 5) is 44.7. The number of carbonyl (C=O) groups is 3. The number of hydrogen-bond donors (Lipinski definition) is 0. The van der Waals surface area contributed by atoms with Crippen LogP contribution in [0.2, 0.25) is 0 Å².